The van der Waals surface area contributed by atoms with Gasteiger partial charge < -0.3 is 10.2 Å². The second-order valence-electron chi connectivity index (χ2n) is 5.31. The number of fused-ring (bicyclic) bond motifs is 1. The number of likely N-dealkylation sites (N-methyl/N-ethyl adjacent to an activating group) is 1. The fourth-order valence-electron chi connectivity index (χ4n) is 1.88. The van der Waals surface area contributed by atoms with Crippen LogP contribution in [-0.2, 0) is 11.3 Å². The topological polar surface area (TPSA) is 67.2 Å². The van der Waals surface area contributed by atoms with Gasteiger partial charge in [-0.25, -0.2) is 4.68 Å². The zero-order valence-electron chi connectivity index (χ0n) is 12.5. The van der Waals surface area contributed by atoms with Crippen molar-refractivity contribution in [2.45, 2.75) is 19.5 Å². The number of aromatic nitrogens is 2. The van der Waals surface area contributed by atoms with Gasteiger partial charge in [-0.05, 0) is 27.1 Å². The lowest BCUT2D eigenvalue weighted by Gasteiger charge is -2.19. The summed E-state index contributed by atoms with van der Waals surface area (Å²) in [5.41, 5.74) is -0.246. The summed E-state index contributed by atoms with van der Waals surface area (Å²) >= 11 is 0. The van der Waals surface area contributed by atoms with Gasteiger partial charge in [0.05, 0.1) is 11.6 Å². The molecular formula is C15H20N4O2. The van der Waals surface area contributed by atoms with Crippen LogP contribution in [-0.4, -0.2) is 47.3 Å². The first kappa shape index (κ1) is 15.2. The SMILES string of the molecule is C[C@H](CNC(=O)Cn1ncc2ccccc2c1=O)N(C)C. The van der Waals surface area contributed by atoms with Crippen molar-refractivity contribution < 1.29 is 4.79 Å². The van der Waals surface area contributed by atoms with Gasteiger partial charge in [-0.15, -0.1) is 0 Å². The highest BCUT2D eigenvalue weighted by molar-refractivity contribution is 5.81. The number of nitrogens with zero attached hydrogens (tertiary/aromatic N) is 3. The van der Waals surface area contributed by atoms with Gasteiger partial charge in [0.15, 0.2) is 0 Å². The zero-order chi connectivity index (χ0) is 15.4. The third kappa shape index (κ3) is 3.66. The highest BCUT2D eigenvalue weighted by Crippen LogP contribution is 2.06. The Bertz CT molecular complexity index is 693. The van der Waals surface area contributed by atoms with Crippen LogP contribution in [0.25, 0.3) is 10.8 Å². The minimum Gasteiger partial charge on any atom is -0.353 e. The molecule has 0 bridgehead atoms. The van der Waals surface area contributed by atoms with Gasteiger partial charge in [0.1, 0.15) is 6.54 Å². The Morgan fingerprint density at radius 2 is 2.10 bits per heavy atom. The third-order valence-corrected chi connectivity index (χ3v) is 3.53. The molecule has 0 aliphatic carbocycles. The van der Waals surface area contributed by atoms with Crippen LogP contribution in [0.2, 0.25) is 0 Å². The van der Waals surface area contributed by atoms with Crippen LogP contribution in [0.15, 0.2) is 35.3 Å². The number of nitrogens with one attached hydrogen (secondary N) is 1. The molecule has 1 amide bonds. The Labute approximate surface area is 123 Å². The first-order chi connectivity index (χ1) is 9.99. The first-order valence-electron chi connectivity index (χ1n) is 6.87. The normalized spacial score (nSPS) is 12.6. The van der Waals surface area contributed by atoms with E-state index in [0.717, 1.165) is 5.39 Å². The highest BCUT2D eigenvalue weighted by Gasteiger charge is 2.10. The van der Waals surface area contributed by atoms with E-state index < -0.39 is 0 Å². The van der Waals surface area contributed by atoms with Gasteiger partial charge in [0, 0.05) is 18.0 Å². The molecule has 1 N–H and O–H groups in total. The molecule has 0 spiro atoms. The van der Waals surface area contributed by atoms with Crippen LogP contribution >= 0.6 is 0 Å². The molecule has 0 radical (unpaired) electrons. The third-order valence-electron chi connectivity index (χ3n) is 3.53. The van der Waals surface area contributed by atoms with Gasteiger partial charge in [0.25, 0.3) is 5.56 Å². The van der Waals surface area contributed by atoms with Gasteiger partial charge in [-0.1, -0.05) is 18.2 Å². The van der Waals surface area contributed by atoms with E-state index in [-0.39, 0.29) is 24.1 Å². The van der Waals surface area contributed by atoms with Crippen LogP contribution in [0, 0.1) is 0 Å². The Morgan fingerprint density at radius 1 is 1.38 bits per heavy atom. The van der Waals surface area contributed by atoms with Crippen molar-refractivity contribution in [1.29, 1.82) is 0 Å². The molecule has 0 unspecified atom stereocenters. The standard InChI is InChI=1S/C15H20N4O2/c1-11(18(2)3)8-16-14(20)10-19-15(21)13-7-5-4-6-12(13)9-17-19/h4-7,9,11H,8,10H2,1-3H3,(H,16,20)/t11-/m1/s1. The number of benzene rings is 1. The lowest BCUT2D eigenvalue weighted by Crippen LogP contribution is -2.40. The Morgan fingerprint density at radius 3 is 2.81 bits per heavy atom. The summed E-state index contributed by atoms with van der Waals surface area (Å²) < 4.78 is 1.19. The van der Waals surface area contributed by atoms with Crippen molar-refractivity contribution in [3.63, 3.8) is 0 Å². The van der Waals surface area contributed by atoms with Crippen molar-refractivity contribution in [3.8, 4) is 0 Å². The van der Waals surface area contributed by atoms with Crippen molar-refractivity contribution in [2.75, 3.05) is 20.6 Å². The second kappa shape index (κ2) is 6.49. The first-order valence-corrected chi connectivity index (χ1v) is 6.87. The van der Waals surface area contributed by atoms with E-state index in [9.17, 15) is 9.59 Å². The molecule has 1 aromatic carbocycles. The predicted octanol–water partition coefficient (Wildman–Crippen LogP) is 0.463. The molecule has 6 nitrogen and oxygen atoms in total. The maximum Gasteiger partial charge on any atom is 0.275 e. The fraction of sp³-hybridized carbons (Fsp3) is 0.400. The van der Waals surface area contributed by atoms with Crippen molar-refractivity contribution in [1.82, 2.24) is 20.0 Å². The maximum absolute atomic E-state index is 12.2. The Kier molecular flexibility index (Phi) is 4.70. The summed E-state index contributed by atoms with van der Waals surface area (Å²) in [5.74, 6) is -0.214. The minimum atomic E-state index is -0.246. The summed E-state index contributed by atoms with van der Waals surface area (Å²) in [6.07, 6.45) is 1.60. The number of hydrogen-bond acceptors (Lipinski definition) is 4. The van der Waals surface area contributed by atoms with Gasteiger partial charge in [-0.2, -0.15) is 5.10 Å². The van der Waals surface area contributed by atoms with E-state index in [1.807, 2.05) is 38.1 Å². The van der Waals surface area contributed by atoms with Crippen molar-refractivity contribution >= 4 is 16.7 Å². The summed E-state index contributed by atoms with van der Waals surface area (Å²) in [5, 5.41) is 8.20. The summed E-state index contributed by atoms with van der Waals surface area (Å²) in [6, 6.07) is 7.44. The van der Waals surface area contributed by atoms with E-state index in [1.54, 1.807) is 18.3 Å². The molecule has 0 saturated carbocycles. The highest BCUT2D eigenvalue weighted by atomic mass is 16.2. The van der Waals surface area contributed by atoms with Crippen LogP contribution in [0.1, 0.15) is 6.92 Å². The van der Waals surface area contributed by atoms with Gasteiger partial charge in [0.2, 0.25) is 5.91 Å². The molecule has 112 valence electrons. The number of amides is 1. The quantitative estimate of drug-likeness (QED) is 0.868. The molecular weight excluding hydrogens is 268 g/mol. The Hall–Kier alpha value is -2.21. The molecule has 0 saturated heterocycles. The molecule has 0 aliphatic heterocycles. The number of carbonyl (C=O) groups is 1. The smallest absolute Gasteiger partial charge is 0.275 e. The van der Waals surface area contributed by atoms with E-state index in [0.29, 0.717) is 11.9 Å². The summed E-state index contributed by atoms with van der Waals surface area (Å²) in [6.45, 7) is 2.48. The summed E-state index contributed by atoms with van der Waals surface area (Å²) in [7, 11) is 3.90. The number of carbonyl (C=O) groups excluding carboxylic acids is 1. The lowest BCUT2D eigenvalue weighted by molar-refractivity contribution is -0.122. The van der Waals surface area contributed by atoms with Gasteiger partial charge in [-0.3, -0.25) is 9.59 Å². The van der Waals surface area contributed by atoms with E-state index in [2.05, 4.69) is 10.4 Å². The van der Waals surface area contributed by atoms with Gasteiger partial charge >= 0.3 is 0 Å². The zero-order valence-corrected chi connectivity index (χ0v) is 12.5. The molecule has 21 heavy (non-hydrogen) atoms. The molecule has 1 heterocycles. The number of hydrogen-bond donors (Lipinski definition) is 1. The largest absolute Gasteiger partial charge is 0.353 e. The maximum atomic E-state index is 12.2. The molecule has 0 fully saturated rings. The van der Waals surface area contributed by atoms with Crippen molar-refractivity contribution in [2.24, 2.45) is 0 Å². The van der Waals surface area contributed by atoms with Crippen molar-refractivity contribution in [3.05, 3.63) is 40.8 Å². The average molecular weight is 288 g/mol. The molecule has 1 atom stereocenters. The molecule has 2 aromatic rings. The van der Waals surface area contributed by atoms with E-state index in [4.69, 9.17) is 0 Å². The van der Waals surface area contributed by atoms with Crippen LogP contribution < -0.4 is 10.9 Å². The lowest BCUT2D eigenvalue weighted by atomic mass is 10.2. The molecule has 1 aromatic heterocycles. The second-order valence-corrected chi connectivity index (χ2v) is 5.31. The predicted molar refractivity (Wildman–Crippen MR) is 82.2 cm³/mol. The van der Waals surface area contributed by atoms with Crippen LogP contribution in [0.3, 0.4) is 0 Å². The molecule has 6 heteroatoms. The van der Waals surface area contributed by atoms with E-state index in [1.165, 1.54) is 4.68 Å². The monoisotopic (exact) mass is 288 g/mol. The number of rotatable bonds is 5. The minimum absolute atomic E-state index is 0.0657. The van der Waals surface area contributed by atoms with E-state index >= 15 is 0 Å². The van der Waals surface area contributed by atoms with Crippen LogP contribution in [0.4, 0.5) is 0 Å². The molecule has 2 rings (SSSR count). The van der Waals surface area contributed by atoms with Crippen LogP contribution in [0.5, 0.6) is 0 Å². The summed E-state index contributed by atoms with van der Waals surface area (Å²) in [4.78, 5) is 26.1. The Balaban J connectivity index is 2.08. The molecule has 0 aliphatic rings. The fourth-order valence-corrected chi connectivity index (χ4v) is 1.88. The average Bonchev–Trinajstić information content (AvgIpc) is 2.48.